The summed E-state index contributed by atoms with van der Waals surface area (Å²) in [6.07, 6.45) is 2.98. The highest BCUT2D eigenvalue weighted by Gasteiger charge is 1.87. The van der Waals surface area contributed by atoms with Gasteiger partial charge in [0.05, 0.1) is 6.54 Å². The average Bonchev–Trinajstić information content (AvgIpc) is 2.95. The van der Waals surface area contributed by atoms with Crippen LogP contribution in [0.1, 0.15) is 13.3 Å². The van der Waals surface area contributed by atoms with E-state index in [1.54, 1.807) is 0 Å². The van der Waals surface area contributed by atoms with Gasteiger partial charge in [-0.05, 0) is 56.7 Å². The van der Waals surface area contributed by atoms with E-state index in [1.807, 2.05) is 39.3 Å². The number of rotatable bonds is 6. The molecule has 6 heteroatoms. The first kappa shape index (κ1) is 20.2. The van der Waals surface area contributed by atoms with Crippen LogP contribution in [0.25, 0.3) is 10.9 Å². The van der Waals surface area contributed by atoms with Gasteiger partial charge in [0.15, 0.2) is 0 Å². The number of aromatic amines is 1. The minimum absolute atomic E-state index is 0. The van der Waals surface area contributed by atoms with E-state index in [0.29, 0.717) is 6.61 Å². The predicted molar refractivity (Wildman–Crippen MR) is 95.1 cm³/mol. The number of aromatic nitrogens is 1. The van der Waals surface area contributed by atoms with Gasteiger partial charge in [-0.1, -0.05) is 18.2 Å². The minimum Gasteiger partial charge on any atom is -0.388 e. The van der Waals surface area contributed by atoms with E-state index < -0.39 is 0 Å². The third kappa shape index (κ3) is 9.19. The predicted octanol–water partition coefficient (Wildman–Crippen LogP) is 3.65. The quantitative estimate of drug-likeness (QED) is 0.501. The standard InChI is InChI=1S/C8H17N3O.C8H7N.ClH/c1-4-12-10-8-9-6-5-7-11(2)3;1-2-4-8-7(3-1)5-6-9-8;/h4-7H2,1-3H3;1-6,9H;1H. The van der Waals surface area contributed by atoms with Crippen LogP contribution in [0.3, 0.4) is 0 Å². The van der Waals surface area contributed by atoms with E-state index in [1.165, 1.54) is 10.9 Å². The van der Waals surface area contributed by atoms with Gasteiger partial charge in [0.25, 0.3) is 0 Å². The van der Waals surface area contributed by atoms with Crippen LogP contribution >= 0.6 is 12.4 Å². The monoisotopic (exact) mass is 324 g/mol. The molecule has 1 N–H and O–H groups in total. The molecule has 0 radical (unpaired) electrons. The SMILES string of the molecule is CCON=C=NCCCN(C)C.Cl.c1ccc2[nH]ccc2c1. The second-order valence-corrected chi connectivity index (χ2v) is 4.71. The molecule has 0 spiro atoms. The highest BCUT2D eigenvalue weighted by atomic mass is 35.5. The van der Waals surface area contributed by atoms with Crippen molar-refractivity contribution in [3.05, 3.63) is 36.5 Å². The molecule has 0 aliphatic carbocycles. The van der Waals surface area contributed by atoms with Crippen LogP contribution in [-0.2, 0) is 4.84 Å². The van der Waals surface area contributed by atoms with Crippen molar-refractivity contribution in [3.63, 3.8) is 0 Å². The summed E-state index contributed by atoms with van der Waals surface area (Å²) in [6.45, 7) is 4.24. The van der Waals surface area contributed by atoms with Crippen molar-refractivity contribution in [2.75, 3.05) is 33.8 Å². The Kier molecular flexibility index (Phi) is 11.8. The van der Waals surface area contributed by atoms with Crippen LogP contribution in [-0.4, -0.2) is 49.7 Å². The number of benzene rings is 1. The summed E-state index contributed by atoms with van der Waals surface area (Å²) in [5.74, 6) is 0. The molecule has 1 aromatic carbocycles. The third-order valence-electron chi connectivity index (χ3n) is 2.64. The van der Waals surface area contributed by atoms with Crippen molar-refractivity contribution in [1.82, 2.24) is 9.88 Å². The molecule has 0 saturated carbocycles. The molecule has 2 rings (SSSR count). The maximum absolute atomic E-state index is 4.67. The molecule has 1 aromatic heterocycles. The molecule has 1 heterocycles. The van der Waals surface area contributed by atoms with E-state index in [9.17, 15) is 0 Å². The van der Waals surface area contributed by atoms with Crippen molar-refractivity contribution in [2.45, 2.75) is 13.3 Å². The summed E-state index contributed by atoms with van der Waals surface area (Å²) in [7, 11) is 4.08. The Morgan fingerprint density at radius 2 is 2.00 bits per heavy atom. The molecule has 0 atom stereocenters. The zero-order valence-electron chi connectivity index (χ0n) is 13.5. The summed E-state index contributed by atoms with van der Waals surface area (Å²) in [5, 5.41) is 4.75. The minimum atomic E-state index is 0. The van der Waals surface area contributed by atoms with E-state index in [0.717, 1.165) is 19.5 Å². The Morgan fingerprint density at radius 3 is 2.68 bits per heavy atom. The summed E-state index contributed by atoms with van der Waals surface area (Å²) in [4.78, 5) is 13.8. The van der Waals surface area contributed by atoms with Crippen LogP contribution in [0.2, 0.25) is 0 Å². The fourth-order valence-corrected chi connectivity index (χ4v) is 1.63. The summed E-state index contributed by atoms with van der Waals surface area (Å²) in [5.41, 5.74) is 1.21. The average molecular weight is 325 g/mol. The Bertz CT molecular complexity index is 532. The first-order chi connectivity index (χ1) is 10.2. The maximum Gasteiger partial charge on any atom is 0.135 e. The van der Waals surface area contributed by atoms with E-state index >= 15 is 0 Å². The van der Waals surface area contributed by atoms with Crippen LogP contribution in [0.15, 0.2) is 46.7 Å². The number of para-hydroxylation sites is 1. The molecule has 0 aliphatic rings. The van der Waals surface area contributed by atoms with Gasteiger partial charge in [-0.3, -0.25) is 0 Å². The Morgan fingerprint density at radius 1 is 1.23 bits per heavy atom. The lowest BCUT2D eigenvalue weighted by atomic mass is 10.3. The molecule has 0 amide bonds. The molecule has 0 bridgehead atoms. The number of fused-ring (bicyclic) bond motifs is 1. The summed E-state index contributed by atoms with van der Waals surface area (Å²) in [6, 6.07) is 12.8. The van der Waals surface area contributed by atoms with Gasteiger partial charge in [-0.15, -0.1) is 12.4 Å². The molecular formula is C16H25ClN4O. The Balaban J connectivity index is 0.000000393. The number of hydrogen-bond donors (Lipinski definition) is 1. The van der Waals surface area contributed by atoms with Crippen molar-refractivity contribution >= 4 is 29.3 Å². The molecule has 0 aliphatic heterocycles. The van der Waals surface area contributed by atoms with Gasteiger partial charge in [-0.25, -0.2) is 4.99 Å². The molecule has 5 nitrogen and oxygen atoms in total. The topological polar surface area (TPSA) is 53.0 Å². The van der Waals surface area contributed by atoms with Crippen LogP contribution in [0, 0.1) is 0 Å². The molecule has 22 heavy (non-hydrogen) atoms. The van der Waals surface area contributed by atoms with Crippen molar-refractivity contribution in [3.8, 4) is 0 Å². The lowest BCUT2D eigenvalue weighted by molar-refractivity contribution is 0.161. The number of hydrogen-bond acceptors (Lipinski definition) is 4. The fourth-order valence-electron chi connectivity index (χ4n) is 1.63. The number of nitrogens with zero attached hydrogens (tertiary/aromatic N) is 3. The normalized spacial score (nSPS) is 9.27. The van der Waals surface area contributed by atoms with Crippen molar-refractivity contribution in [1.29, 1.82) is 0 Å². The number of halogens is 1. The first-order valence-electron chi connectivity index (χ1n) is 7.14. The first-order valence-corrected chi connectivity index (χ1v) is 7.14. The molecular weight excluding hydrogens is 300 g/mol. The fraction of sp³-hybridized carbons (Fsp3) is 0.438. The van der Waals surface area contributed by atoms with Gasteiger partial charge < -0.3 is 14.7 Å². The Labute approximate surface area is 138 Å². The summed E-state index contributed by atoms with van der Waals surface area (Å²) >= 11 is 0. The van der Waals surface area contributed by atoms with Crippen molar-refractivity contribution < 1.29 is 4.84 Å². The van der Waals surface area contributed by atoms with Crippen LogP contribution in [0.4, 0.5) is 0 Å². The second-order valence-electron chi connectivity index (χ2n) is 4.71. The molecule has 0 fully saturated rings. The van der Waals surface area contributed by atoms with Crippen molar-refractivity contribution in [2.24, 2.45) is 10.1 Å². The second kappa shape index (κ2) is 12.9. The van der Waals surface area contributed by atoms with Gasteiger partial charge in [-0.2, -0.15) is 0 Å². The van der Waals surface area contributed by atoms with Gasteiger partial charge in [0.1, 0.15) is 12.6 Å². The molecule has 2 aromatic rings. The third-order valence-corrected chi connectivity index (χ3v) is 2.64. The molecule has 0 unspecified atom stereocenters. The van der Waals surface area contributed by atoms with Crippen LogP contribution < -0.4 is 0 Å². The number of H-pyrrole nitrogens is 1. The lowest BCUT2D eigenvalue weighted by Gasteiger charge is -2.05. The zero-order valence-corrected chi connectivity index (χ0v) is 14.3. The number of aliphatic imine (C=N–C) groups is 1. The summed E-state index contributed by atoms with van der Waals surface area (Å²) < 4.78 is 0. The van der Waals surface area contributed by atoms with E-state index in [-0.39, 0.29) is 12.4 Å². The maximum atomic E-state index is 4.67. The highest BCUT2D eigenvalue weighted by Crippen LogP contribution is 2.09. The number of nitrogens with one attached hydrogen (secondary N) is 1. The molecule has 122 valence electrons. The zero-order chi connectivity index (χ0) is 15.3. The van der Waals surface area contributed by atoms with Crippen LogP contribution in [0.5, 0.6) is 0 Å². The highest BCUT2D eigenvalue weighted by molar-refractivity contribution is 5.85. The molecule has 0 saturated heterocycles. The van der Waals surface area contributed by atoms with E-state index in [2.05, 4.69) is 49.1 Å². The smallest absolute Gasteiger partial charge is 0.135 e. The van der Waals surface area contributed by atoms with Gasteiger partial charge >= 0.3 is 0 Å². The Hall–Kier alpha value is -1.81. The lowest BCUT2D eigenvalue weighted by Crippen LogP contribution is -2.13. The van der Waals surface area contributed by atoms with E-state index in [4.69, 9.17) is 0 Å². The largest absolute Gasteiger partial charge is 0.388 e. The van der Waals surface area contributed by atoms with Gasteiger partial charge in [0, 0.05) is 11.7 Å². The van der Waals surface area contributed by atoms with Gasteiger partial charge in [0.2, 0.25) is 0 Å².